The Morgan fingerprint density at radius 3 is 2.69 bits per heavy atom. The average molecular weight is 187 g/mol. The number of nitrogens with two attached hydrogens (primary N) is 2. The number of hydrogen-bond donors (Lipinski definition) is 5. The van der Waals surface area contributed by atoms with E-state index in [1.54, 1.807) is 0 Å². The minimum Gasteiger partial charge on any atom is -0.396 e. The zero-order chi connectivity index (χ0) is 10.3. The second-order valence-corrected chi connectivity index (χ2v) is 2.77. The van der Waals surface area contributed by atoms with Crippen molar-refractivity contribution >= 4 is 11.9 Å². The Balaban J connectivity index is 3.83. The summed E-state index contributed by atoms with van der Waals surface area (Å²) in [6.45, 7) is 2.03. The average Bonchev–Trinajstić information content (AvgIpc) is 1.98. The summed E-state index contributed by atoms with van der Waals surface area (Å²) in [6.07, 6.45) is 1.45. The quantitative estimate of drug-likeness (QED) is 0.284. The lowest BCUT2D eigenvalue weighted by molar-refractivity contribution is 0.281. The van der Waals surface area contributed by atoms with Gasteiger partial charge >= 0.3 is 0 Å². The van der Waals surface area contributed by atoms with E-state index in [0.29, 0.717) is 6.42 Å². The summed E-state index contributed by atoms with van der Waals surface area (Å²) in [4.78, 5) is 4.01. The van der Waals surface area contributed by atoms with E-state index in [0.717, 1.165) is 6.42 Å². The monoisotopic (exact) mass is 187 g/mol. The van der Waals surface area contributed by atoms with Crippen LogP contribution in [-0.2, 0) is 0 Å². The van der Waals surface area contributed by atoms with Gasteiger partial charge in [0.2, 0.25) is 0 Å². The van der Waals surface area contributed by atoms with Crippen LogP contribution in [0.3, 0.4) is 0 Å². The van der Waals surface area contributed by atoms with Crippen molar-refractivity contribution in [2.24, 2.45) is 16.5 Å². The highest BCUT2D eigenvalue weighted by molar-refractivity contribution is 5.95. The van der Waals surface area contributed by atoms with Gasteiger partial charge in [-0.1, -0.05) is 0 Å². The van der Waals surface area contributed by atoms with Crippen LogP contribution in [0.25, 0.3) is 0 Å². The molecule has 0 aliphatic carbocycles. The van der Waals surface area contributed by atoms with E-state index < -0.39 is 0 Å². The predicted octanol–water partition coefficient (Wildman–Crippen LogP) is -1.05. The smallest absolute Gasteiger partial charge is 0.195 e. The van der Waals surface area contributed by atoms with Crippen molar-refractivity contribution in [3.63, 3.8) is 0 Å². The molecule has 0 spiro atoms. The van der Waals surface area contributed by atoms with Crippen LogP contribution in [0.5, 0.6) is 0 Å². The predicted molar refractivity (Wildman–Crippen MR) is 52.5 cm³/mol. The first-order chi connectivity index (χ1) is 6.06. The second-order valence-electron chi connectivity index (χ2n) is 2.77. The molecule has 0 bridgehead atoms. The summed E-state index contributed by atoms with van der Waals surface area (Å²) >= 11 is 0. The Labute approximate surface area is 77.5 Å². The molecule has 0 rings (SSSR count). The summed E-state index contributed by atoms with van der Waals surface area (Å²) in [5.74, 6) is -0.0893. The molecule has 0 aliphatic rings. The highest BCUT2D eigenvalue weighted by Gasteiger charge is 2.00. The third-order valence-electron chi connectivity index (χ3n) is 1.40. The topological polar surface area (TPSA) is 121 Å². The number of aliphatic hydroxyl groups excluding tert-OH is 1. The van der Waals surface area contributed by atoms with Gasteiger partial charge in [-0.05, 0) is 19.8 Å². The molecule has 13 heavy (non-hydrogen) atoms. The van der Waals surface area contributed by atoms with E-state index in [1.165, 1.54) is 0 Å². The van der Waals surface area contributed by atoms with Crippen LogP contribution in [-0.4, -0.2) is 29.7 Å². The number of nitrogens with zero attached hydrogens (tertiary/aromatic N) is 1. The van der Waals surface area contributed by atoms with Crippen LogP contribution in [0, 0.1) is 5.41 Å². The SMILES string of the molecule is CC(CCCO)N=C(N)NC(=N)N. The van der Waals surface area contributed by atoms with Crippen molar-refractivity contribution in [1.82, 2.24) is 5.32 Å². The Kier molecular flexibility index (Phi) is 5.62. The molecule has 0 saturated heterocycles. The molecule has 76 valence electrons. The van der Waals surface area contributed by atoms with E-state index in [-0.39, 0.29) is 24.6 Å². The zero-order valence-electron chi connectivity index (χ0n) is 7.75. The van der Waals surface area contributed by atoms with Crippen molar-refractivity contribution in [3.05, 3.63) is 0 Å². The fourth-order valence-corrected chi connectivity index (χ4v) is 0.859. The van der Waals surface area contributed by atoms with E-state index in [9.17, 15) is 0 Å². The molecular formula is C7H17N5O. The van der Waals surface area contributed by atoms with Gasteiger partial charge in [0.1, 0.15) is 0 Å². The van der Waals surface area contributed by atoms with E-state index in [4.69, 9.17) is 22.0 Å². The minimum absolute atomic E-state index is 0.0269. The standard InChI is InChI=1S/C7H17N5O/c1-5(3-2-4-13)11-7(10)12-6(8)9/h5,13H,2-4H2,1H3,(H6,8,9,10,11,12). The summed E-state index contributed by atoms with van der Waals surface area (Å²) < 4.78 is 0. The maximum absolute atomic E-state index is 8.55. The molecule has 0 fully saturated rings. The van der Waals surface area contributed by atoms with Gasteiger partial charge in [0.05, 0.1) is 6.04 Å². The van der Waals surface area contributed by atoms with E-state index >= 15 is 0 Å². The van der Waals surface area contributed by atoms with Crippen LogP contribution in [0.2, 0.25) is 0 Å². The highest BCUT2D eigenvalue weighted by Crippen LogP contribution is 1.99. The highest BCUT2D eigenvalue weighted by atomic mass is 16.2. The van der Waals surface area contributed by atoms with Gasteiger partial charge in [0.25, 0.3) is 0 Å². The van der Waals surface area contributed by atoms with Gasteiger partial charge in [-0.3, -0.25) is 15.7 Å². The van der Waals surface area contributed by atoms with Crippen LogP contribution < -0.4 is 16.8 Å². The van der Waals surface area contributed by atoms with Gasteiger partial charge in [-0.15, -0.1) is 0 Å². The summed E-state index contributed by atoms with van der Waals surface area (Å²) in [6, 6.07) is 0.0269. The van der Waals surface area contributed by atoms with Gasteiger partial charge < -0.3 is 16.6 Å². The molecule has 6 nitrogen and oxygen atoms in total. The van der Waals surface area contributed by atoms with Gasteiger partial charge in [0, 0.05) is 6.61 Å². The molecule has 0 aromatic heterocycles. The molecule has 0 aliphatic heterocycles. The summed E-state index contributed by atoms with van der Waals surface area (Å²) in [7, 11) is 0. The van der Waals surface area contributed by atoms with E-state index in [1.807, 2.05) is 6.92 Å². The van der Waals surface area contributed by atoms with Gasteiger partial charge in [-0.2, -0.15) is 0 Å². The molecule has 1 atom stereocenters. The molecule has 1 unspecified atom stereocenters. The van der Waals surface area contributed by atoms with Gasteiger partial charge in [-0.25, -0.2) is 0 Å². The van der Waals surface area contributed by atoms with Crippen molar-refractivity contribution < 1.29 is 5.11 Å². The van der Waals surface area contributed by atoms with Crippen molar-refractivity contribution in [3.8, 4) is 0 Å². The molecule has 6 heteroatoms. The van der Waals surface area contributed by atoms with Crippen molar-refractivity contribution in [2.75, 3.05) is 6.61 Å². The minimum atomic E-state index is -0.226. The molecule has 0 aromatic carbocycles. The Hall–Kier alpha value is -1.30. The maximum Gasteiger partial charge on any atom is 0.195 e. The molecule has 0 heterocycles. The lowest BCUT2D eigenvalue weighted by atomic mass is 10.2. The number of guanidine groups is 2. The Morgan fingerprint density at radius 1 is 1.62 bits per heavy atom. The fraction of sp³-hybridized carbons (Fsp3) is 0.714. The molecule has 0 radical (unpaired) electrons. The molecular weight excluding hydrogens is 170 g/mol. The number of rotatable bonds is 4. The molecule has 0 aromatic rings. The Morgan fingerprint density at radius 2 is 2.23 bits per heavy atom. The normalized spacial score (nSPS) is 13.8. The first-order valence-corrected chi connectivity index (χ1v) is 4.11. The third-order valence-corrected chi connectivity index (χ3v) is 1.40. The van der Waals surface area contributed by atoms with Crippen LogP contribution >= 0.6 is 0 Å². The first kappa shape index (κ1) is 11.7. The lowest BCUT2D eigenvalue weighted by Crippen LogP contribution is -2.41. The number of nitrogens with one attached hydrogen (secondary N) is 2. The maximum atomic E-state index is 8.55. The second kappa shape index (κ2) is 6.24. The van der Waals surface area contributed by atoms with Gasteiger partial charge in [0.15, 0.2) is 11.9 Å². The fourth-order valence-electron chi connectivity index (χ4n) is 0.859. The number of aliphatic hydroxyl groups is 1. The summed E-state index contributed by atoms with van der Waals surface area (Å²) in [5.41, 5.74) is 10.4. The van der Waals surface area contributed by atoms with Crippen LogP contribution in [0.15, 0.2) is 4.99 Å². The molecule has 7 N–H and O–H groups in total. The van der Waals surface area contributed by atoms with Crippen LogP contribution in [0.4, 0.5) is 0 Å². The zero-order valence-corrected chi connectivity index (χ0v) is 7.75. The lowest BCUT2D eigenvalue weighted by Gasteiger charge is -2.07. The molecule has 0 amide bonds. The number of hydrogen-bond acceptors (Lipinski definition) is 3. The van der Waals surface area contributed by atoms with Crippen molar-refractivity contribution in [1.29, 1.82) is 5.41 Å². The van der Waals surface area contributed by atoms with Crippen molar-refractivity contribution in [2.45, 2.75) is 25.8 Å². The Bertz CT molecular complexity index is 191. The van der Waals surface area contributed by atoms with Crippen LogP contribution in [0.1, 0.15) is 19.8 Å². The largest absolute Gasteiger partial charge is 0.396 e. The number of aliphatic imine (C=N–C) groups is 1. The third kappa shape index (κ3) is 7.07. The summed E-state index contributed by atoms with van der Waals surface area (Å²) in [5, 5.41) is 17.8. The van der Waals surface area contributed by atoms with E-state index in [2.05, 4.69) is 10.3 Å². The first-order valence-electron chi connectivity index (χ1n) is 4.11. The molecule has 0 saturated carbocycles.